The molecule has 6 nitrogen and oxygen atoms in total. The van der Waals surface area contributed by atoms with E-state index in [-0.39, 0.29) is 11.3 Å². The number of amides is 1. The van der Waals surface area contributed by atoms with Crippen molar-refractivity contribution in [1.29, 1.82) is 0 Å². The number of nitrogens with one attached hydrogen (secondary N) is 1. The van der Waals surface area contributed by atoms with Crippen LogP contribution >= 0.6 is 0 Å². The summed E-state index contributed by atoms with van der Waals surface area (Å²) in [7, 11) is -2.45. The monoisotopic (exact) mass is 329 g/mol. The minimum absolute atomic E-state index is 0.0101. The molecular weight excluding hydrogens is 306 g/mol. The van der Waals surface area contributed by atoms with E-state index in [1.807, 2.05) is 6.92 Å². The van der Waals surface area contributed by atoms with Crippen molar-refractivity contribution in [2.45, 2.75) is 49.2 Å². The number of hydrogen-bond acceptors (Lipinski definition) is 5. The molecule has 0 saturated heterocycles. The third-order valence-corrected chi connectivity index (χ3v) is 5.58. The smallest absolute Gasteiger partial charge is 0.262 e. The van der Waals surface area contributed by atoms with Gasteiger partial charge in [-0.05, 0) is 24.6 Å². The van der Waals surface area contributed by atoms with Crippen LogP contribution in [0.3, 0.4) is 0 Å². The van der Waals surface area contributed by atoms with Gasteiger partial charge in [-0.2, -0.15) is 0 Å². The van der Waals surface area contributed by atoms with Crippen LogP contribution in [0, 0.1) is 0 Å². The van der Waals surface area contributed by atoms with E-state index in [0.29, 0.717) is 12.2 Å². The molecule has 0 aromatic heterocycles. The molecule has 0 bridgehead atoms. The molecule has 0 spiro atoms. The number of carbonyl (C=O) groups excluding carboxylic acids is 1. The third-order valence-electron chi connectivity index (χ3n) is 3.47. The second-order valence-electron chi connectivity index (χ2n) is 5.04. The zero-order valence-corrected chi connectivity index (χ0v) is 13.7. The maximum absolute atomic E-state index is 12.6. The van der Waals surface area contributed by atoms with Crippen LogP contribution in [0.1, 0.15) is 39.0 Å². The fraction of sp³-hybridized carbons (Fsp3) is 0.533. The van der Waals surface area contributed by atoms with Gasteiger partial charge < -0.3 is 4.74 Å². The summed E-state index contributed by atoms with van der Waals surface area (Å²) < 4.78 is 30.3. The van der Waals surface area contributed by atoms with Gasteiger partial charge >= 0.3 is 0 Å². The second kappa shape index (κ2) is 8.75. The summed E-state index contributed by atoms with van der Waals surface area (Å²) >= 11 is 0. The number of carbonyl (C=O) groups is 1. The molecule has 22 heavy (non-hydrogen) atoms. The first-order chi connectivity index (χ1) is 10.5. The van der Waals surface area contributed by atoms with Gasteiger partial charge in [-0.15, -0.1) is 0 Å². The van der Waals surface area contributed by atoms with E-state index in [9.17, 15) is 13.2 Å². The van der Waals surface area contributed by atoms with Crippen molar-refractivity contribution in [3.05, 3.63) is 24.3 Å². The number of unbranched alkanes of at least 4 members (excludes halogenated alkanes) is 3. The van der Waals surface area contributed by atoms with Crippen molar-refractivity contribution in [2.24, 2.45) is 0 Å². The van der Waals surface area contributed by atoms with Crippen LogP contribution in [0.25, 0.3) is 0 Å². The van der Waals surface area contributed by atoms with E-state index in [0.717, 1.165) is 19.3 Å². The molecule has 0 fully saturated rings. The Hall–Kier alpha value is -1.60. The Morgan fingerprint density at radius 3 is 2.64 bits per heavy atom. The Bertz CT molecular complexity index is 585. The van der Waals surface area contributed by atoms with Gasteiger partial charge in [0.2, 0.25) is 0 Å². The van der Waals surface area contributed by atoms with Crippen LogP contribution in [0.5, 0.6) is 5.75 Å². The standard InChI is InChI=1S/C15H23NO5S/c1-3-4-5-6-10-14(15(17)16-18)22(19,20)13-9-7-8-12(11-13)21-2/h7-9,11,14,18H,3-6,10H2,1-2H3,(H,16,17). The molecule has 0 aliphatic heterocycles. The first kappa shape index (κ1) is 18.4. The van der Waals surface area contributed by atoms with E-state index in [1.165, 1.54) is 24.7 Å². The molecule has 1 unspecified atom stereocenters. The van der Waals surface area contributed by atoms with Gasteiger partial charge in [-0.25, -0.2) is 13.9 Å². The average Bonchev–Trinajstić information content (AvgIpc) is 2.54. The molecule has 1 aromatic carbocycles. The largest absolute Gasteiger partial charge is 0.497 e. The fourth-order valence-electron chi connectivity index (χ4n) is 2.20. The number of ether oxygens (including phenoxy) is 1. The van der Waals surface area contributed by atoms with Crippen LogP contribution in [0.15, 0.2) is 29.2 Å². The van der Waals surface area contributed by atoms with Gasteiger partial charge in [0.25, 0.3) is 5.91 Å². The summed E-state index contributed by atoms with van der Waals surface area (Å²) in [5.74, 6) is -0.505. The number of hydrogen-bond donors (Lipinski definition) is 2. The zero-order chi connectivity index (χ0) is 16.6. The summed E-state index contributed by atoms with van der Waals surface area (Å²) in [5, 5.41) is 7.53. The van der Waals surface area contributed by atoms with Crippen LogP contribution in [0.4, 0.5) is 0 Å². The Morgan fingerprint density at radius 2 is 2.05 bits per heavy atom. The Kier molecular flexibility index (Phi) is 7.34. The Labute approximate surface area is 131 Å². The molecule has 0 aliphatic rings. The predicted molar refractivity (Wildman–Crippen MR) is 82.7 cm³/mol. The molecule has 1 aromatic rings. The zero-order valence-electron chi connectivity index (χ0n) is 12.9. The van der Waals surface area contributed by atoms with Crippen molar-refractivity contribution >= 4 is 15.7 Å². The van der Waals surface area contributed by atoms with E-state index in [4.69, 9.17) is 9.94 Å². The summed E-state index contributed by atoms with van der Waals surface area (Å²) in [5.41, 5.74) is 1.46. The predicted octanol–water partition coefficient (Wildman–Crippen LogP) is 2.31. The second-order valence-corrected chi connectivity index (χ2v) is 7.17. The van der Waals surface area contributed by atoms with Crippen molar-refractivity contribution in [2.75, 3.05) is 7.11 Å². The van der Waals surface area contributed by atoms with Gasteiger partial charge in [-0.1, -0.05) is 38.7 Å². The highest BCUT2D eigenvalue weighted by Gasteiger charge is 2.33. The summed E-state index contributed by atoms with van der Waals surface area (Å²) in [6, 6.07) is 5.97. The number of hydroxylamine groups is 1. The number of benzene rings is 1. The molecule has 0 radical (unpaired) electrons. The quantitative estimate of drug-likeness (QED) is 0.412. The van der Waals surface area contributed by atoms with Crippen molar-refractivity contribution in [3.63, 3.8) is 0 Å². The lowest BCUT2D eigenvalue weighted by Gasteiger charge is -2.16. The van der Waals surface area contributed by atoms with Crippen LogP contribution in [0.2, 0.25) is 0 Å². The molecular formula is C15H23NO5S. The van der Waals surface area contributed by atoms with Gasteiger partial charge in [0.1, 0.15) is 11.0 Å². The fourth-order valence-corrected chi connectivity index (χ4v) is 3.89. The summed E-state index contributed by atoms with van der Waals surface area (Å²) in [4.78, 5) is 11.8. The van der Waals surface area contributed by atoms with Crippen molar-refractivity contribution < 1.29 is 23.2 Å². The summed E-state index contributed by atoms with van der Waals surface area (Å²) in [6.07, 6.45) is 3.62. The van der Waals surface area contributed by atoms with E-state index in [2.05, 4.69) is 0 Å². The first-order valence-electron chi connectivity index (χ1n) is 7.29. The molecule has 1 atom stereocenters. The van der Waals surface area contributed by atoms with Crippen LogP contribution in [-0.2, 0) is 14.6 Å². The normalized spacial score (nSPS) is 12.7. The van der Waals surface area contributed by atoms with E-state index >= 15 is 0 Å². The van der Waals surface area contributed by atoms with Crippen molar-refractivity contribution in [1.82, 2.24) is 5.48 Å². The van der Waals surface area contributed by atoms with Gasteiger partial charge in [-0.3, -0.25) is 10.0 Å². The lowest BCUT2D eigenvalue weighted by molar-refractivity contribution is -0.128. The first-order valence-corrected chi connectivity index (χ1v) is 8.83. The molecule has 0 heterocycles. The molecule has 124 valence electrons. The maximum atomic E-state index is 12.6. The van der Waals surface area contributed by atoms with Gasteiger partial charge in [0, 0.05) is 0 Å². The van der Waals surface area contributed by atoms with Crippen LogP contribution < -0.4 is 10.2 Å². The topological polar surface area (TPSA) is 92.7 Å². The van der Waals surface area contributed by atoms with Crippen molar-refractivity contribution in [3.8, 4) is 5.75 Å². The van der Waals surface area contributed by atoms with Gasteiger partial charge in [0.05, 0.1) is 12.0 Å². The molecule has 2 N–H and O–H groups in total. The minimum atomic E-state index is -3.88. The van der Waals surface area contributed by atoms with Gasteiger partial charge in [0.15, 0.2) is 9.84 Å². The number of rotatable bonds is 9. The number of methoxy groups -OCH3 is 1. The van der Waals surface area contributed by atoms with Crippen LogP contribution in [-0.4, -0.2) is 31.9 Å². The lowest BCUT2D eigenvalue weighted by atomic mass is 10.1. The summed E-state index contributed by atoms with van der Waals surface area (Å²) in [6.45, 7) is 2.05. The van der Waals surface area contributed by atoms with E-state index < -0.39 is 21.0 Å². The lowest BCUT2D eigenvalue weighted by Crippen LogP contribution is -2.38. The van der Waals surface area contributed by atoms with E-state index in [1.54, 1.807) is 12.1 Å². The number of sulfone groups is 1. The molecule has 0 aliphatic carbocycles. The SMILES string of the molecule is CCCCCCC(C(=O)NO)S(=O)(=O)c1cccc(OC)c1. The maximum Gasteiger partial charge on any atom is 0.262 e. The highest BCUT2D eigenvalue weighted by molar-refractivity contribution is 7.92. The molecule has 7 heteroatoms. The Balaban J connectivity index is 3.01. The highest BCUT2D eigenvalue weighted by Crippen LogP contribution is 2.24. The Morgan fingerprint density at radius 1 is 1.32 bits per heavy atom. The average molecular weight is 329 g/mol. The molecule has 1 rings (SSSR count). The highest BCUT2D eigenvalue weighted by atomic mass is 32.2. The minimum Gasteiger partial charge on any atom is -0.497 e. The molecule has 0 saturated carbocycles. The third kappa shape index (κ3) is 4.71. The molecule has 1 amide bonds.